The average molecular weight is 280 g/mol. The highest BCUT2D eigenvalue weighted by Crippen LogP contribution is 2.23. The van der Waals surface area contributed by atoms with Crippen molar-refractivity contribution in [3.05, 3.63) is 52.2 Å². The van der Waals surface area contributed by atoms with Gasteiger partial charge in [0, 0.05) is 23.7 Å². The standard InChI is InChI=1S/C14H17FN2OS/c1-14(2,13-16-7-8-19-13)17-9-12(18)10-5-3-4-6-11(10)15/h3-8,12,17-18H,9H2,1-2H3. The molecule has 1 atom stereocenters. The lowest BCUT2D eigenvalue weighted by Gasteiger charge is -2.25. The van der Waals surface area contributed by atoms with Crippen molar-refractivity contribution in [1.82, 2.24) is 10.3 Å². The van der Waals surface area contributed by atoms with Crippen LogP contribution in [0.4, 0.5) is 4.39 Å². The molecule has 3 nitrogen and oxygen atoms in total. The summed E-state index contributed by atoms with van der Waals surface area (Å²) in [5.41, 5.74) is -0.0367. The van der Waals surface area contributed by atoms with E-state index in [1.54, 1.807) is 35.7 Å². The zero-order valence-corrected chi connectivity index (χ0v) is 11.7. The molecule has 0 bridgehead atoms. The van der Waals surface area contributed by atoms with Crippen LogP contribution in [0.2, 0.25) is 0 Å². The summed E-state index contributed by atoms with van der Waals surface area (Å²) in [5, 5.41) is 16.1. The van der Waals surface area contributed by atoms with E-state index in [0.717, 1.165) is 5.01 Å². The van der Waals surface area contributed by atoms with Crippen LogP contribution in [0.25, 0.3) is 0 Å². The molecule has 0 aliphatic heterocycles. The maximum atomic E-state index is 13.5. The van der Waals surface area contributed by atoms with Gasteiger partial charge in [-0.05, 0) is 19.9 Å². The topological polar surface area (TPSA) is 45.1 Å². The van der Waals surface area contributed by atoms with Crippen molar-refractivity contribution in [1.29, 1.82) is 0 Å². The molecule has 0 spiro atoms. The van der Waals surface area contributed by atoms with Gasteiger partial charge in [-0.15, -0.1) is 11.3 Å². The first kappa shape index (κ1) is 14.1. The summed E-state index contributed by atoms with van der Waals surface area (Å²) < 4.78 is 13.5. The van der Waals surface area contributed by atoms with Crippen molar-refractivity contribution in [2.45, 2.75) is 25.5 Å². The molecular formula is C14H17FN2OS. The minimum Gasteiger partial charge on any atom is -0.387 e. The number of aliphatic hydroxyl groups excluding tert-OH is 1. The van der Waals surface area contributed by atoms with Gasteiger partial charge in [0.15, 0.2) is 0 Å². The Hall–Kier alpha value is -1.30. The summed E-state index contributed by atoms with van der Waals surface area (Å²) in [7, 11) is 0. The molecule has 0 aliphatic carbocycles. The molecule has 102 valence electrons. The third-order valence-corrected chi connectivity index (χ3v) is 4.07. The van der Waals surface area contributed by atoms with Gasteiger partial charge in [0.05, 0.1) is 11.6 Å². The number of aliphatic hydroxyl groups is 1. The van der Waals surface area contributed by atoms with Gasteiger partial charge in [-0.2, -0.15) is 0 Å². The molecule has 0 saturated carbocycles. The zero-order chi connectivity index (χ0) is 13.9. The van der Waals surface area contributed by atoms with E-state index in [1.807, 2.05) is 19.2 Å². The molecule has 0 saturated heterocycles. The van der Waals surface area contributed by atoms with E-state index in [-0.39, 0.29) is 17.9 Å². The minimum atomic E-state index is -0.875. The fourth-order valence-corrected chi connectivity index (χ4v) is 2.55. The molecule has 5 heteroatoms. The van der Waals surface area contributed by atoms with Crippen LogP contribution < -0.4 is 5.32 Å². The van der Waals surface area contributed by atoms with Crippen LogP contribution in [0.5, 0.6) is 0 Å². The second-order valence-corrected chi connectivity index (χ2v) is 5.78. The van der Waals surface area contributed by atoms with Gasteiger partial charge in [-0.25, -0.2) is 9.37 Å². The van der Waals surface area contributed by atoms with Gasteiger partial charge in [0.2, 0.25) is 0 Å². The Balaban J connectivity index is 2.01. The van der Waals surface area contributed by atoms with Gasteiger partial charge in [0.1, 0.15) is 10.8 Å². The Bertz CT molecular complexity index is 528. The fourth-order valence-electron chi connectivity index (χ4n) is 1.81. The number of halogens is 1. The molecule has 0 aliphatic rings. The van der Waals surface area contributed by atoms with Gasteiger partial charge in [-0.1, -0.05) is 18.2 Å². The first-order chi connectivity index (χ1) is 9.00. The lowest BCUT2D eigenvalue weighted by Crippen LogP contribution is -2.39. The van der Waals surface area contributed by atoms with Gasteiger partial charge < -0.3 is 10.4 Å². The molecule has 1 aromatic carbocycles. The molecule has 0 fully saturated rings. The second kappa shape index (κ2) is 5.77. The second-order valence-electron chi connectivity index (χ2n) is 4.88. The summed E-state index contributed by atoms with van der Waals surface area (Å²) >= 11 is 1.55. The molecule has 2 rings (SSSR count). The Labute approximate surface area is 116 Å². The van der Waals surface area contributed by atoms with E-state index in [2.05, 4.69) is 10.3 Å². The highest BCUT2D eigenvalue weighted by molar-refractivity contribution is 7.09. The van der Waals surface area contributed by atoms with Crippen LogP contribution in [0.1, 0.15) is 30.5 Å². The third-order valence-electron chi connectivity index (χ3n) is 2.97. The van der Waals surface area contributed by atoms with E-state index in [4.69, 9.17) is 0 Å². The van der Waals surface area contributed by atoms with Crippen LogP contribution in [0, 0.1) is 5.82 Å². The van der Waals surface area contributed by atoms with Crippen LogP contribution in [-0.4, -0.2) is 16.6 Å². The van der Waals surface area contributed by atoms with Crippen molar-refractivity contribution >= 4 is 11.3 Å². The first-order valence-corrected chi connectivity index (χ1v) is 6.96. The number of nitrogens with one attached hydrogen (secondary N) is 1. The highest BCUT2D eigenvalue weighted by Gasteiger charge is 2.24. The molecule has 1 unspecified atom stereocenters. The summed E-state index contributed by atoms with van der Waals surface area (Å²) in [6.45, 7) is 4.24. The smallest absolute Gasteiger partial charge is 0.129 e. The normalized spacial score (nSPS) is 13.5. The molecule has 0 radical (unpaired) electrons. The van der Waals surface area contributed by atoms with Crippen LogP contribution in [0.15, 0.2) is 35.8 Å². The average Bonchev–Trinajstić information content (AvgIpc) is 2.91. The van der Waals surface area contributed by atoms with E-state index in [1.165, 1.54) is 6.07 Å². The molecular weight excluding hydrogens is 263 g/mol. The first-order valence-electron chi connectivity index (χ1n) is 6.08. The van der Waals surface area contributed by atoms with Crippen molar-refractivity contribution < 1.29 is 9.50 Å². The number of hydrogen-bond acceptors (Lipinski definition) is 4. The summed E-state index contributed by atoms with van der Waals surface area (Å²) in [6, 6.07) is 6.27. The van der Waals surface area contributed by atoms with Crippen LogP contribution in [0.3, 0.4) is 0 Å². The summed E-state index contributed by atoms with van der Waals surface area (Å²) in [6.07, 6.45) is 0.872. The third kappa shape index (κ3) is 3.37. The van der Waals surface area contributed by atoms with Crippen LogP contribution >= 0.6 is 11.3 Å². The quantitative estimate of drug-likeness (QED) is 0.885. The van der Waals surface area contributed by atoms with Crippen molar-refractivity contribution in [3.8, 4) is 0 Å². The van der Waals surface area contributed by atoms with E-state index < -0.39 is 6.10 Å². The van der Waals surface area contributed by atoms with Gasteiger partial charge in [-0.3, -0.25) is 0 Å². The molecule has 2 aromatic rings. The van der Waals surface area contributed by atoms with Crippen molar-refractivity contribution in [3.63, 3.8) is 0 Å². The lowest BCUT2D eigenvalue weighted by atomic mass is 10.0. The van der Waals surface area contributed by atoms with Gasteiger partial charge in [0.25, 0.3) is 0 Å². The maximum Gasteiger partial charge on any atom is 0.129 e. The summed E-state index contributed by atoms with van der Waals surface area (Å²) in [5.74, 6) is -0.385. The molecule has 2 N–H and O–H groups in total. The van der Waals surface area contributed by atoms with E-state index >= 15 is 0 Å². The Morgan fingerprint density at radius 3 is 2.79 bits per heavy atom. The molecule has 1 aromatic heterocycles. The number of hydrogen-bond donors (Lipinski definition) is 2. The molecule has 1 heterocycles. The number of aromatic nitrogens is 1. The maximum absolute atomic E-state index is 13.5. The van der Waals surface area contributed by atoms with E-state index in [9.17, 15) is 9.50 Å². The number of rotatable bonds is 5. The fraction of sp³-hybridized carbons (Fsp3) is 0.357. The highest BCUT2D eigenvalue weighted by atomic mass is 32.1. The van der Waals surface area contributed by atoms with Gasteiger partial charge >= 0.3 is 0 Å². The van der Waals surface area contributed by atoms with Crippen molar-refractivity contribution in [2.75, 3.05) is 6.54 Å². The Morgan fingerprint density at radius 2 is 2.16 bits per heavy atom. The molecule has 0 amide bonds. The Morgan fingerprint density at radius 1 is 1.42 bits per heavy atom. The summed E-state index contributed by atoms with van der Waals surface area (Å²) in [4.78, 5) is 4.26. The van der Waals surface area contributed by atoms with Crippen LogP contribution in [-0.2, 0) is 5.54 Å². The van der Waals surface area contributed by atoms with Crippen molar-refractivity contribution in [2.24, 2.45) is 0 Å². The largest absolute Gasteiger partial charge is 0.387 e. The lowest BCUT2D eigenvalue weighted by molar-refractivity contribution is 0.156. The number of thiazole rings is 1. The zero-order valence-electron chi connectivity index (χ0n) is 10.9. The predicted octanol–water partition coefficient (Wildman–Crippen LogP) is 2.84. The predicted molar refractivity (Wildman–Crippen MR) is 74.5 cm³/mol. The SMILES string of the molecule is CC(C)(NCC(O)c1ccccc1F)c1nccs1. The monoisotopic (exact) mass is 280 g/mol. The number of nitrogens with zero attached hydrogens (tertiary/aromatic N) is 1. The van der Waals surface area contributed by atoms with E-state index in [0.29, 0.717) is 5.56 Å². The molecule has 19 heavy (non-hydrogen) atoms. The Kier molecular flexibility index (Phi) is 4.29. The minimum absolute atomic E-state index is 0.271. The number of benzene rings is 1.